The van der Waals surface area contributed by atoms with Crippen molar-refractivity contribution in [2.45, 2.75) is 84.3 Å². The monoisotopic (exact) mass is 244 g/mol. The van der Waals surface area contributed by atoms with Gasteiger partial charge in [0, 0.05) is 13.7 Å². The highest BCUT2D eigenvalue weighted by Crippen LogP contribution is 2.16. The van der Waals surface area contributed by atoms with Gasteiger partial charge < -0.3 is 9.47 Å². The summed E-state index contributed by atoms with van der Waals surface area (Å²) in [7, 11) is 1.80. The van der Waals surface area contributed by atoms with Gasteiger partial charge in [0.15, 0.2) is 0 Å². The molecule has 2 heteroatoms. The fraction of sp³-hybridized carbons (Fsp3) is 1.00. The fourth-order valence-corrected chi connectivity index (χ4v) is 2.20. The molecular weight excluding hydrogens is 212 g/mol. The predicted molar refractivity (Wildman–Crippen MR) is 74.5 cm³/mol. The summed E-state index contributed by atoms with van der Waals surface area (Å²) in [6.07, 6.45) is 10.8. The van der Waals surface area contributed by atoms with Crippen LogP contribution < -0.4 is 0 Å². The summed E-state index contributed by atoms with van der Waals surface area (Å²) in [4.78, 5) is 0. The highest BCUT2D eigenvalue weighted by molar-refractivity contribution is 4.65. The van der Waals surface area contributed by atoms with Crippen LogP contribution in [0, 0.1) is 0 Å². The molecule has 17 heavy (non-hydrogen) atoms. The van der Waals surface area contributed by atoms with Crippen LogP contribution in [0.1, 0.15) is 72.1 Å². The Morgan fingerprint density at radius 1 is 0.882 bits per heavy atom. The van der Waals surface area contributed by atoms with E-state index in [1.165, 1.54) is 38.5 Å². The summed E-state index contributed by atoms with van der Waals surface area (Å²) < 4.78 is 11.2. The largest absolute Gasteiger partial charge is 0.381 e. The number of hydrogen-bond donors (Lipinski definition) is 0. The zero-order valence-corrected chi connectivity index (χ0v) is 12.3. The van der Waals surface area contributed by atoms with Crippen molar-refractivity contribution < 1.29 is 9.47 Å². The molecule has 0 aromatic carbocycles. The maximum absolute atomic E-state index is 5.80. The van der Waals surface area contributed by atoms with Crippen molar-refractivity contribution in [2.24, 2.45) is 0 Å². The quantitative estimate of drug-likeness (QED) is 0.468. The third kappa shape index (κ3) is 9.61. The first-order chi connectivity index (χ1) is 8.28. The van der Waals surface area contributed by atoms with Gasteiger partial charge in [0.2, 0.25) is 0 Å². The molecule has 0 aliphatic heterocycles. The number of rotatable bonds is 12. The minimum absolute atomic E-state index is 0.363. The van der Waals surface area contributed by atoms with E-state index in [1.54, 1.807) is 7.11 Å². The Bertz CT molecular complexity index is 144. The standard InChI is InChI=1S/C15H32O2/c1-5-8-9-10-11-12-15(17-7-3)13-14(6-2)16-4/h14-15H,5-13H2,1-4H3. The van der Waals surface area contributed by atoms with Gasteiger partial charge in [-0.3, -0.25) is 0 Å². The second-order valence-corrected chi connectivity index (χ2v) is 4.78. The number of hydrogen-bond acceptors (Lipinski definition) is 2. The molecule has 0 rings (SSSR count). The Hall–Kier alpha value is -0.0800. The van der Waals surface area contributed by atoms with Crippen molar-refractivity contribution in [3.05, 3.63) is 0 Å². The van der Waals surface area contributed by atoms with Crippen LogP contribution in [0.3, 0.4) is 0 Å². The van der Waals surface area contributed by atoms with Gasteiger partial charge >= 0.3 is 0 Å². The topological polar surface area (TPSA) is 18.5 Å². The normalized spacial score (nSPS) is 14.8. The Morgan fingerprint density at radius 2 is 1.59 bits per heavy atom. The molecule has 0 aromatic rings. The van der Waals surface area contributed by atoms with Gasteiger partial charge in [-0.05, 0) is 26.2 Å². The molecule has 104 valence electrons. The Kier molecular flexibility index (Phi) is 12.3. The summed E-state index contributed by atoms with van der Waals surface area (Å²) in [6.45, 7) is 7.34. The summed E-state index contributed by atoms with van der Waals surface area (Å²) in [5.41, 5.74) is 0. The zero-order chi connectivity index (χ0) is 12.9. The average Bonchev–Trinajstić information content (AvgIpc) is 2.35. The molecular formula is C15H32O2. The van der Waals surface area contributed by atoms with E-state index in [1.807, 2.05) is 0 Å². The molecule has 0 aliphatic rings. The molecule has 0 fully saturated rings. The molecule has 0 N–H and O–H groups in total. The van der Waals surface area contributed by atoms with E-state index in [0.29, 0.717) is 12.2 Å². The molecule has 0 saturated carbocycles. The smallest absolute Gasteiger partial charge is 0.0599 e. The first-order valence-corrected chi connectivity index (χ1v) is 7.42. The maximum Gasteiger partial charge on any atom is 0.0599 e. The van der Waals surface area contributed by atoms with Crippen LogP contribution in [0.2, 0.25) is 0 Å². The lowest BCUT2D eigenvalue weighted by Gasteiger charge is -2.21. The molecule has 0 radical (unpaired) electrons. The second kappa shape index (κ2) is 12.4. The van der Waals surface area contributed by atoms with Crippen molar-refractivity contribution in [1.29, 1.82) is 0 Å². The lowest BCUT2D eigenvalue weighted by atomic mass is 10.0. The van der Waals surface area contributed by atoms with Gasteiger partial charge in [0.05, 0.1) is 12.2 Å². The molecule has 0 aromatic heterocycles. The minimum Gasteiger partial charge on any atom is -0.381 e. The van der Waals surface area contributed by atoms with Gasteiger partial charge in [-0.15, -0.1) is 0 Å². The van der Waals surface area contributed by atoms with Crippen LogP contribution >= 0.6 is 0 Å². The summed E-state index contributed by atoms with van der Waals surface area (Å²) in [6, 6.07) is 0. The lowest BCUT2D eigenvalue weighted by molar-refractivity contribution is -0.00197. The van der Waals surface area contributed by atoms with Crippen LogP contribution in [-0.4, -0.2) is 25.9 Å². The van der Waals surface area contributed by atoms with Crippen LogP contribution in [0.25, 0.3) is 0 Å². The summed E-state index contributed by atoms with van der Waals surface area (Å²) in [5.74, 6) is 0. The van der Waals surface area contributed by atoms with Crippen molar-refractivity contribution >= 4 is 0 Å². The van der Waals surface area contributed by atoms with E-state index in [9.17, 15) is 0 Å². The lowest BCUT2D eigenvalue weighted by Crippen LogP contribution is -2.22. The zero-order valence-electron chi connectivity index (χ0n) is 12.3. The molecule has 2 atom stereocenters. The van der Waals surface area contributed by atoms with Crippen LogP contribution in [-0.2, 0) is 9.47 Å². The average molecular weight is 244 g/mol. The number of methoxy groups -OCH3 is 1. The van der Waals surface area contributed by atoms with Gasteiger partial charge in [-0.1, -0.05) is 46.0 Å². The Morgan fingerprint density at radius 3 is 2.12 bits per heavy atom. The van der Waals surface area contributed by atoms with E-state index in [2.05, 4.69) is 20.8 Å². The van der Waals surface area contributed by atoms with Crippen LogP contribution in [0.15, 0.2) is 0 Å². The SMILES string of the molecule is CCCCCCCC(CC(CC)OC)OCC. The van der Waals surface area contributed by atoms with E-state index in [4.69, 9.17) is 9.47 Å². The van der Waals surface area contributed by atoms with Crippen LogP contribution in [0.4, 0.5) is 0 Å². The molecule has 0 spiro atoms. The van der Waals surface area contributed by atoms with E-state index < -0.39 is 0 Å². The fourth-order valence-electron chi connectivity index (χ4n) is 2.20. The number of ether oxygens (including phenoxy) is 2. The van der Waals surface area contributed by atoms with Crippen molar-refractivity contribution in [2.75, 3.05) is 13.7 Å². The second-order valence-electron chi connectivity index (χ2n) is 4.78. The van der Waals surface area contributed by atoms with Crippen LogP contribution in [0.5, 0.6) is 0 Å². The van der Waals surface area contributed by atoms with Gasteiger partial charge in [0.25, 0.3) is 0 Å². The predicted octanol–water partition coefficient (Wildman–Crippen LogP) is 4.57. The van der Waals surface area contributed by atoms with Crippen molar-refractivity contribution in [1.82, 2.24) is 0 Å². The third-order valence-corrected chi connectivity index (χ3v) is 3.35. The Balaban J connectivity index is 3.73. The minimum atomic E-state index is 0.363. The molecule has 0 aliphatic carbocycles. The first kappa shape index (κ1) is 16.9. The summed E-state index contributed by atoms with van der Waals surface area (Å²) >= 11 is 0. The van der Waals surface area contributed by atoms with E-state index in [0.717, 1.165) is 19.4 Å². The van der Waals surface area contributed by atoms with Gasteiger partial charge in [-0.25, -0.2) is 0 Å². The maximum atomic E-state index is 5.80. The van der Waals surface area contributed by atoms with Crippen molar-refractivity contribution in [3.63, 3.8) is 0 Å². The highest BCUT2D eigenvalue weighted by atomic mass is 16.5. The molecule has 0 heterocycles. The third-order valence-electron chi connectivity index (χ3n) is 3.35. The summed E-state index contributed by atoms with van der Waals surface area (Å²) in [5, 5.41) is 0. The molecule has 2 unspecified atom stereocenters. The number of unbranched alkanes of at least 4 members (excludes halogenated alkanes) is 4. The highest BCUT2D eigenvalue weighted by Gasteiger charge is 2.14. The van der Waals surface area contributed by atoms with E-state index >= 15 is 0 Å². The molecule has 2 nitrogen and oxygen atoms in total. The molecule has 0 bridgehead atoms. The molecule has 0 saturated heterocycles. The first-order valence-electron chi connectivity index (χ1n) is 7.42. The molecule has 0 amide bonds. The van der Waals surface area contributed by atoms with Gasteiger partial charge in [-0.2, -0.15) is 0 Å². The Labute approximate surface area is 108 Å². The van der Waals surface area contributed by atoms with E-state index in [-0.39, 0.29) is 0 Å². The van der Waals surface area contributed by atoms with Crippen molar-refractivity contribution in [3.8, 4) is 0 Å². The van der Waals surface area contributed by atoms with Gasteiger partial charge in [0.1, 0.15) is 0 Å².